The molecule has 0 aromatic carbocycles. The van der Waals surface area contributed by atoms with Crippen LogP contribution >= 0.6 is 0 Å². The molecule has 0 bridgehead atoms. The molecule has 0 N–H and O–H groups in total. The van der Waals surface area contributed by atoms with Crippen molar-refractivity contribution in [1.29, 1.82) is 0 Å². The van der Waals surface area contributed by atoms with E-state index >= 15 is 0 Å². The number of aryl methyl sites for hydroxylation is 1. The number of fused-ring (bicyclic) bond motifs is 1. The molecule has 0 aliphatic carbocycles. The highest BCUT2D eigenvalue weighted by molar-refractivity contribution is 5.97. The average Bonchev–Trinajstić information content (AvgIpc) is 2.90. The minimum atomic E-state index is -0.390. The van der Waals surface area contributed by atoms with E-state index in [0.29, 0.717) is 24.6 Å². The van der Waals surface area contributed by atoms with Gasteiger partial charge in [-0.1, -0.05) is 6.92 Å². The van der Waals surface area contributed by atoms with E-state index in [0.717, 1.165) is 19.3 Å². The van der Waals surface area contributed by atoms with Gasteiger partial charge in [-0.25, -0.2) is 4.98 Å². The Hall–Kier alpha value is -1.85. The Morgan fingerprint density at radius 3 is 2.81 bits per heavy atom. The molecule has 21 heavy (non-hydrogen) atoms. The van der Waals surface area contributed by atoms with E-state index in [4.69, 9.17) is 4.42 Å². The van der Waals surface area contributed by atoms with Gasteiger partial charge in [0.05, 0.1) is 12.7 Å². The van der Waals surface area contributed by atoms with E-state index in [1.165, 1.54) is 0 Å². The van der Waals surface area contributed by atoms with Gasteiger partial charge in [0.25, 0.3) is 0 Å². The smallest absolute Gasteiger partial charge is 0.246 e. The molecule has 2 unspecified atom stereocenters. The molecule has 3 heterocycles. The van der Waals surface area contributed by atoms with Gasteiger partial charge in [0.2, 0.25) is 17.7 Å². The van der Waals surface area contributed by atoms with Crippen LogP contribution in [0.3, 0.4) is 0 Å². The molecule has 6 nitrogen and oxygen atoms in total. The third-order valence-corrected chi connectivity index (χ3v) is 4.38. The van der Waals surface area contributed by atoms with Gasteiger partial charge in [-0.05, 0) is 32.6 Å². The number of aromatic nitrogens is 1. The maximum absolute atomic E-state index is 12.7. The van der Waals surface area contributed by atoms with Crippen LogP contribution in [0.4, 0.5) is 0 Å². The molecule has 6 heteroatoms. The van der Waals surface area contributed by atoms with Gasteiger partial charge in [0.15, 0.2) is 0 Å². The van der Waals surface area contributed by atoms with Crippen molar-refractivity contribution in [3.05, 3.63) is 17.8 Å². The van der Waals surface area contributed by atoms with Crippen molar-refractivity contribution in [3.8, 4) is 0 Å². The van der Waals surface area contributed by atoms with Crippen molar-refractivity contribution in [2.75, 3.05) is 6.54 Å². The molecule has 2 aliphatic heterocycles. The second kappa shape index (κ2) is 5.50. The van der Waals surface area contributed by atoms with Gasteiger partial charge < -0.3 is 14.2 Å². The van der Waals surface area contributed by atoms with Crippen LogP contribution < -0.4 is 0 Å². The number of carbonyl (C=O) groups excluding carboxylic acids is 2. The fourth-order valence-corrected chi connectivity index (χ4v) is 3.33. The number of hydrogen-bond donors (Lipinski definition) is 0. The van der Waals surface area contributed by atoms with Crippen molar-refractivity contribution < 1.29 is 14.0 Å². The summed E-state index contributed by atoms with van der Waals surface area (Å²) in [7, 11) is 0. The predicted molar refractivity (Wildman–Crippen MR) is 75.2 cm³/mol. The summed E-state index contributed by atoms with van der Waals surface area (Å²) in [4.78, 5) is 33.0. The van der Waals surface area contributed by atoms with E-state index in [9.17, 15) is 9.59 Å². The van der Waals surface area contributed by atoms with Crippen molar-refractivity contribution in [3.63, 3.8) is 0 Å². The average molecular weight is 291 g/mol. The lowest BCUT2D eigenvalue weighted by atomic mass is 9.94. The molecule has 2 atom stereocenters. The van der Waals surface area contributed by atoms with Crippen molar-refractivity contribution in [2.45, 2.75) is 58.2 Å². The van der Waals surface area contributed by atoms with Crippen LogP contribution in [0.5, 0.6) is 0 Å². The van der Waals surface area contributed by atoms with Crippen LogP contribution in [-0.2, 0) is 16.1 Å². The molecule has 1 aromatic rings. The van der Waals surface area contributed by atoms with E-state index in [1.54, 1.807) is 16.0 Å². The van der Waals surface area contributed by atoms with Crippen LogP contribution in [0.2, 0.25) is 0 Å². The standard InChI is InChI=1S/C15H21N3O3/c1-3-11-14(19)17-7-5-4-6-12(17)15(20)18(11)9-13-16-8-10(2)21-13/h8,11-12H,3-7,9H2,1-2H3. The number of piperidine rings is 1. The Morgan fingerprint density at radius 1 is 1.33 bits per heavy atom. The third-order valence-electron chi connectivity index (χ3n) is 4.38. The second-order valence-corrected chi connectivity index (χ2v) is 5.80. The molecular formula is C15H21N3O3. The van der Waals surface area contributed by atoms with Gasteiger partial charge in [-0.2, -0.15) is 0 Å². The largest absolute Gasteiger partial charge is 0.444 e. The molecular weight excluding hydrogens is 270 g/mol. The highest BCUT2D eigenvalue weighted by Crippen LogP contribution is 2.28. The Morgan fingerprint density at radius 2 is 2.14 bits per heavy atom. The number of piperazine rings is 1. The van der Waals surface area contributed by atoms with Gasteiger partial charge >= 0.3 is 0 Å². The molecule has 0 spiro atoms. The lowest BCUT2D eigenvalue weighted by molar-refractivity contribution is -0.165. The Bertz CT molecular complexity index is 554. The Kier molecular flexibility index (Phi) is 3.69. The molecule has 2 saturated heterocycles. The van der Waals surface area contributed by atoms with E-state index in [-0.39, 0.29) is 30.4 Å². The minimum Gasteiger partial charge on any atom is -0.444 e. The lowest BCUT2D eigenvalue weighted by Gasteiger charge is -2.46. The zero-order chi connectivity index (χ0) is 15.0. The molecule has 0 radical (unpaired) electrons. The third kappa shape index (κ3) is 2.43. The topological polar surface area (TPSA) is 66.7 Å². The fraction of sp³-hybridized carbons (Fsp3) is 0.667. The Balaban J connectivity index is 1.86. The summed E-state index contributed by atoms with van der Waals surface area (Å²) in [5, 5.41) is 0. The van der Waals surface area contributed by atoms with Crippen molar-refractivity contribution >= 4 is 11.8 Å². The van der Waals surface area contributed by atoms with E-state index in [1.807, 2.05) is 13.8 Å². The SMILES string of the molecule is CCC1C(=O)N2CCCCC2C(=O)N1Cc1ncc(C)o1. The highest BCUT2D eigenvalue weighted by Gasteiger charge is 2.46. The van der Waals surface area contributed by atoms with Gasteiger partial charge in [0.1, 0.15) is 17.8 Å². The maximum atomic E-state index is 12.7. The summed E-state index contributed by atoms with van der Waals surface area (Å²) in [6.45, 7) is 4.74. The number of carbonyl (C=O) groups is 2. The van der Waals surface area contributed by atoms with Crippen molar-refractivity contribution in [2.24, 2.45) is 0 Å². The van der Waals surface area contributed by atoms with E-state index in [2.05, 4.69) is 4.98 Å². The molecule has 2 fully saturated rings. The highest BCUT2D eigenvalue weighted by atomic mass is 16.4. The van der Waals surface area contributed by atoms with Crippen LogP contribution in [0.1, 0.15) is 44.3 Å². The number of amides is 2. The first-order valence-corrected chi connectivity index (χ1v) is 7.64. The minimum absolute atomic E-state index is 0.0389. The summed E-state index contributed by atoms with van der Waals surface area (Å²) in [5.74, 6) is 1.33. The zero-order valence-electron chi connectivity index (χ0n) is 12.5. The first kappa shape index (κ1) is 14.1. The monoisotopic (exact) mass is 291 g/mol. The summed E-state index contributed by atoms with van der Waals surface area (Å²) in [6.07, 6.45) is 5.02. The van der Waals surface area contributed by atoms with Crippen LogP contribution in [0, 0.1) is 6.92 Å². The number of nitrogens with zero attached hydrogens (tertiary/aromatic N) is 3. The number of rotatable bonds is 3. The van der Waals surface area contributed by atoms with Crippen LogP contribution in [0.15, 0.2) is 10.6 Å². The summed E-state index contributed by atoms with van der Waals surface area (Å²) in [5.41, 5.74) is 0. The van der Waals surface area contributed by atoms with Gasteiger partial charge in [-0.15, -0.1) is 0 Å². The first-order valence-electron chi connectivity index (χ1n) is 7.64. The van der Waals surface area contributed by atoms with Crippen LogP contribution in [0.25, 0.3) is 0 Å². The molecule has 1 aromatic heterocycles. The lowest BCUT2D eigenvalue weighted by Crippen LogP contribution is -2.65. The molecule has 3 rings (SSSR count). The Labute approximate surface area is 124 Å². The van der Waals surface area contributed by atoms with Crippen molar-refractivity contribution in [1.82, 2.24) is 14.8 Å². The first-order chi connectivity index (χ1) is 10.1. The summed E-state index contributed by atoms with van der Waals surface area (Å²) in [6, 6.07) is -0.677. The molecule has 114 valence electrons. The zero-order valence-corrected chi connectivity index (χ0v) is 12.5. The number of hydrogen-bond acceptors (Lipinski definition) is 4. The molecule has 2 aliphatic rings. The maximum Gasteiger partial charge on any atom is 0.246 e. The summed E-state index contributed by atoms with van der Waals surface area (Å²) < 4.78 is 5.47. The van der Waals surface area contributed by atoms with E-state index < -0.39 is 0 Å². The second-order valence-electron chi connectivity index (χ2n) is 5.80. The quantitative estimate of drug-likeness (QED) is 0.846. The normalized spacial score (nSPS) is 26.2. The molecule has 2 amide bonds. The predicted octanol–water partition coefficient (Wildman–Crippen LogP) is 1.48. The number of oxazole rings is 1. The van der Waals surface area contributed by atoms with Gasteiger partial charge in [0, 0.05) is 6.54 Å². The summed E-state index contributed by atoms with van der Waals surface area (Å²) >= 11 is 0. The molecule has 0 saturated carbocycles. The van der Waals surface area contributed by atoms with Crippen LogP contribution in [-0.4, -0.2) is 45.2 Å². The fourth-order valence-electron chi connectivity index (χ4n) is 3.33. The van der Waals surface area contributed by atoms with Gasteiger partial charge in [-0.3, -0.25) is 9.59 Å².